The minimum atomic E-state index is -0.570. The molecule has 49 heavy (non-hydrogen) atoms. The summed E-state index contributed by atoms with van der Waals surface area (Å²) in [7, 11) is 0. The summed E-state index contributed by atoms with van der Waals surface area (Å²) >= 11 is 0. The van der Waals surface area contributed by atoms with Gasteiger partial charge >= 0.3 is 12.2 Å². The maximum atomic E-state index is 14.0. The molecule has 2 aliphatic heterocycles. The maximum absolute atomic E-state index is 14.0. The largest absolute Gasteiger partial charge is 0.444 e. The van der Waals surface area contributed by atoms with E-state index in [-0.39, 0.29) is 24.3 Å². The van der Waals surface area contributed by atoms with Gasteiger partial charge in [0.15, 0.2) is 0 Å². The van der Waals surface area contributed by atoms with Crippen molar-refractivity contribution >= 4 is 12.2 Å². The van der Waals surface area contributed by atoms with E-state index in [2.05, 4.69) is 35.2 Å². The van der Waals surface area contributed by atoms with Crippen LogP contribution >= 0.6 is 0 Å². The Kier molecular flexibility index (Phi) is 10.9. The minimum Gasteiger partial charge on any atom is -0.444 e. The van der Waals surface area contributed by atoms with Gasteiger partial charge in [0.1, 0.15) is 11.2 Å². The first-order chi connectivity index (χ1) is 23.3. The standard InChI is InChI=1S/C41H60N4O4/c1-40(2,3)48-38(46)43-23-20-30(21-24-43)34-18-10-16-32-27-45(39(47)49-41(4,5)6)33(25-35(32)34)28-44(26-29-13-8-7-9-14-29)36-19-11-15-31-17-12-22-42-37(31)36/h10,12,16-18,22,29-30,33,36H,7-9,11,13-15,19-21,23-28H2,1-6H3. The molecule has 1 saturated heterocycles. The van der Waals surface area contributed by atoms with E-state index in [0.717, 1.165) is 45.2 Å². The molecule has 2 unspecified atom stereocenters. The van der Waals surface area contributed by atoms with E-state index in [0.29, 0.717) is 31.5 Å². The molecule has 0 radical (unpaired) electrons. The number of carbonyl (C=O) groups excluding carboxylic acids is 2. The van der Waals surface area contributed by atoms with E-state index in [1.807, 2.05) is 57.5 Å². The Morgan fingerprint density at radius 3 is 2.22 bits per heavy atom. The molecule has 0 bridgehead atoms. The Bertz CT molecular complexity index is 1450. The fourth-order valence-corrected chi connectivity index (χ4v) is 8.73. The molecule has 1 saturated carbocycles. The number of nitrogens with zero attached hydrogens (tertiary/aromatic N) is 4. The van der Waals surface area contributed by atoms with Gasteiger partial charge in [-0.05, 0) is 133 Å². The number of rotatable bonds is 6. The zero-order valence-electron chi connectivity index (χ0n) is 31.0. The maximum Gasteiger partial charge on any atom is 0.410 e. The van der Waals surface area contributed by atoms with Crippen molar-refractivity contribution in [3.63, 3.8) is 0 Å². The second-order valence-electron chi connectivity index (χ2n) is 17.1. The van der Waals surface area contributed by atoms with Crippen LogP contribution in [0.5, 0.6) is 0 Å². The van der Waals surface area contributed by atoms with Crippen molar-refractivity contribution in [1.82, 2.24) is 19.7 Å². The number of amides is 2. The van der Waals surface area contributed by atoms with Crippen LogP contribution in [0.1, 0.15) is 139 Å². The number of fused-ring (bicyclic) bond motifs is 2. The van der Waals surface area contributed by atoms with Gasteiger partial charge in [0.05, 0.1) is 17.8 Å². The van der Waals surface area contributed by atoms with E-state index >= 15 is 0 Å². The van der Waals surface area contributed by atoms with Crippen molar-refractivity contribution < 1.29 is 19.1 Å². The summed E-state index contributed by atoms with van der Waals surface area (Å²) in [6, 6.07) is 11.2. The van der Waals surface area contributed by atoms with Gasteiger partial charge in [0, 0.05) is 38.9 Å². The lowest BCUT2D eigenvalue weighted by Gasteiger charge is -2.44. The fraction of sp³-hybridized carbons (Fsp3) is 0.683. The summed E-state index contributed by atoms with van der Waals surface area (Å²) in [5.74, 6) is 1.05. The van der Waals surface area contributed by atoms with Gasteiger partial charge in [0.25, 0.3) is 0 Å². The zero-order valence-corrected chi connectivity index (χ0v) is 31.0. The Hall–Kier alpha value is -3.13. The second-order valence-corrected chi connectivity index (χ2v) is 17.1. The van der Waals surface area contributed by atoms with E-state index in [4.69, 9.17) is 14.5 Å². The molecule has 1 aromatic carbocycles. The van der Waals surface area contributed by atoms with Crippen LogP contribution in [0.25, 0.3) is 0 Å². The number of hydrogen-bond donors (Lipinski definition) is 0. The number of aromatic nitrogens is 1. The molecule has 268 valence electrons. The molecular weight excluding hydrogens is 612 g/mol. The highest BCUT2D eigenvalue weighted by Crippen LogP contribution is 2.39. The number of carbonyl (C=O) groups is 2. The van der Waals surface area contributed by atoms with Gasteiger partial charge in [-0.1, -0.05) is 43.5 Å². The van der Waals surface area contributed by atoms with E-state index in [9.17, 15) is 9.59 Å². The molecule has 1 aromatic heterocycles. The molecule has 0 N–H and O–H groups in total. The summed E-state index contributed by atoms with van der Waals surface area (Å²) in [5.41, 5.74) is 5.55. The van der Waals surface area contributed by atoms with Crippen molar-refractivity contribution in [3.05, 3.63) is 64.5 Å². The number of likely N-dealkylation sites (tertiary alicyclic amines) is 1. The minimum absolute atomic E-state index is 0.0111. The monoisotopic (exact) mass is 672 g/mol. The van der Waals surface area contributed by atoms with Crippen LogP contribution in [0, 0.1) is 5.92 Å². The first-order valence-electron chi connectivity index (χ1n) is 19.1. The number of aryl methyl sites for hydroxylation is 1. The highest BCUT2D eigenvalue weighted by Gasteiger charge is 2.39. The molecule has 8 nitrogen and oxygen atoms in total. The summed E-state index contributed by atoms with van der Waals surface area (Å²) in [6.07, 6.45) is 14.1. The van der Waals surface area contributed by atoms with Gasteiger partial charge in [-0.3, -0.25) is 14.8 Å². The van der Waals surface area contributed by atoms with E-state index in [1.165, 1.54) is 66.5 Å². The molecule has 3 heterocycles. The molecule has 4 aliphatic rings. The SMILES string of the molecule is CC(C)(C)OC(=O)N1CCC(c2cccc3c2CC(CN(CC2CCCCC2)C2CCCc4cccnc42)N(C(=O)OC(C)(C)C)C3)CC1. The molecule has 0 spiro atoms. The van der Waals surface area contributed by atoms with E-state index in [1.54, 1.807) is 0 Å². The topological polar surface area (TPSA) is 75.2 Å². The lowest BCUT2D eigenvalue weighted by Crippen LogP contribution is -2.53. The van der Waals surface area contributed by atoms with Crippen LogP contribution in [-0.2, 0) is 28.9 Å². The van der Waals surface area contributed by atoms with Crippen LogP contribution in [-0.4, -0.2) is 75.3 Å². The van der Waals surface area contributed by atoms with Gasteiger partial charge in [0.2, 0.25) is 0 Å². The Labute approximate surface area is 294 Å². The van der Waals surface area contributed by atoms with Crippen molar-refractivity contribution in [2.24, 2.45) is 5.92 Å². The van der Waals surface area contributed by atoms with Gasteiger partial charge in [-0.25, -0.2) is 9.59 Å². The van der Waals surface area contributed by atoms with Gasteiger partial charge in [-0.2, -0.15) is 0 Å². The summed E-state index contributed by atoms with van der Waals surface area (Å²) in [6.45, 7) is 15.4. The zero-order chi connectivity index (χ0) is 34.8. The van der Waals surface area contributed by atoms with Crippen molar-refractivity contribution in [1.29, 1.82) is 0 Å². The normalized spacial score (nSPS) is 22.4. The number of pyridine rings is 1. The Morgan fingerprint density at radius 1 is 0.816 bits per heavy atom. The third-order valence-electron chi connectivity index (χ3n) is 11.0. The predicted molar refractivity (Wildman–Crippen MR) is 194 cm³/mol. The van der Waals surface area contributed by atoms with Gasteiger partial charge in [-0.15, -0.1) is 0 Å². The van der Waals surface area contributed by atoms with Crippen molar-refractivity contribution in [2.45, 2.75) is 148 Å². The molecule has 6 rings (SSSR count). The molecular formula is C41H60N4O4. The summed E-state index contributed by atoms with van der Waals surface area (Å²) in [4.78, 5) is 38.4. The lowest BCUT2D eigenvalue weighted by atomic mass is 9.80. The molecule has 2 amide bonds. The summed E-state index contributed by atoms with van der Waals surface area (Å²) < 4.78 is 11.8. The van der Waals surface area contributed by atoms with Crippen LogP contribution in [0.3, 0.4) is 0 Å². The molecule has 2 fully saturated rings. The van der Waals surface area contributed by atoms with Crippen LogP contribution < -0.4 is 0 Å². The smallest absolute Gasteiger partial charge is 0.410 e. The average Bonchev–Trinajstić information content (AvgIpc) is 3.06. The summed E-state index contributed by atoms with van der Waals surface area (Å²) in [5, 5.41) is 0. The van der Waals surface area contributed by atoms with Crippen LogP contribution in [0.15, 0.2) is 36.5 Å². The molecule has 8 heteroatoms. The van der Waals surface area contributed by atoms with Crippen molar-refractivity contribution in [3.8, 4) is 0 Å². The lowest BCUT2D eigenvalue weighted by molar-refractivity contribution is 0.00290. The Balaban J connectivity index is 1.28. The Morgan fingerprint density at radius 2 is 1.51 bits per heavy atom. The molecule has 2 atom stereocenters. The number of benzene rings is 1. The fourth-order valence-electron chi connectivity index (χ4n) is 8.73. The predicted octanol–water partition coefficient (Wildman–Crippen LogP) is 8.82. The third-order valence-corrected chi connectivity index (χ3v) is 11.0. The first kappa shape index (κ1) is 35.7. The quantitative estimate of drug-likeness (QED) is 0.305. The molecule has 2 aromatic rings. The number of hydrogen-bond acceptors (Lipinski definition) is 6. The average molecular weight is 673 g/mol. The third kappa shape index (κ3) is 8.97. The first-order valence-corrected chi connectivity index (χ1v) is 19.1. The molecule has 2 aliphatic carbocycles. The highest BCUT2D eigenvalue weighted by molar-refractivity contribution is 5.70. The number of piperidine rings is 1. The highest BCUT2D eigenvalue weighted by atomic mass is 16.6. The van der Waals surface area contributed by atoms with Crippen molar-refractivity contribution in [2.75, 3.05) is 26.2 Å². The number of ether oxygens (including phenoxy) is 2. The van der Waals surface area contributed by atoms with Crippen LogP contribution in [0.4, 0.5) is 9.59 Å². The van der Waals surface area contributed by atoms with E-state index < -0.39 is 11.2 Å². The van der Waals surface area contributed by atoms with Gasteiger partial charge < -0.3 is 14.4 Å². The second kappa shape index (κ2) is 15.0. The van der Waals surface area contributed by atoms with Crippen LogP contribution in [0.2, 0.25) is 0 Å².